The number of anilines is 1. The van der Waals surface area contributed by atoms with E-state index in [-0.39, 0.29) is 0 Å². The summed E-state index contributed by atoms with van der Waals surface area (Å²) in [7, 11) is 3.01. The van der Waals surface area contributed by atoms with E-state index in [4.69, 9.17) is 25.8 Å². The van der Waals surface area contributed by atoms with Gasteiger partial charge in [-0.1, -0.05) is 27.5 Å². The third-order valence-corrected chi connectivity index (χ3v) is 4.40. The molecule has 2 aromatic carbocycles. The van der Waals surface area contributed by atoms with Crippen molar-refractivity contribution in [3.8, 4) is 11.5 Å². The van der Waals surface area contributed by atoms with Crippen LogP contribution in [-0.4, -0.2) is 32.2 Å². The second-order valence-corrected chi connectivity index (χ2v) is 6.98. The van der Waals surface area contributed by atoms with Crippen molar-refractivity contribution in [3.63, 3.8) is 0 Å². The quantitative estimate of drug-likeness (QED) is 0.471. The van der Waals surface area contributed by atoms with Gasteiger partial charge in [-0.05, 0) is 49.4 Å². The Kier molecular flexibility index (Phi) is 7.90. The first-order chi connectivity index (χ1) is 13.3. The topological polar surface area (TPSA) is 73.9 Å². The SMILES string of the molecule is COc1ccc(Br)cc1/C=C/C(=O)OC(C)C(=O)Nc1cc(Cl)ccc1OC. The van der Waals surface area contributed by atoms with E-state index in [0.29, 0.717) is 27.8 Å². The van der Waals surface area contributed by atoms with Crippen molar-refractivity contribution in [2.75, 3.05) is 19.5 Å². The largest absolute Gasteiger partial charge is 0.496 e. The van der Waals surface area contributed by atoms with Crippen LogP contribution in [-0.2, 0) is 14.3 Å². The van der Waals surface area contributed by atoms with Gasteiger partial charge in [-0.3, -0.25) is 4.79 Å². The maximum absolute atomic E-state index is 12.3. The predicted molar refractivity (Wildman–Crippen MR) is 112 cm³/mol. The Labute approximate surface area is 176 Å². The number of hydrogen-bond acceptors (Lipinski definition) is 5. The molecule has 0 aliphatic heterocycles. The Bertz CT molecular complexity index is 900. The minimum atomic E-state index is -1.02. The molecule has 0 saturated heterocycles. The lowest BCUT2D eigenvalue weighted by Crippen LogP contribution is -2.29. The van der Waals surface area contributed by atoms with E-state index in [1.807, 2.05) is 6.07 Å². The first-order valence-electron chi connectivity index (χ1n) is 8.20. The molecule has 2 aromatic rings. The molecule has 0 saturated carbocycles. The van der Waals surface area contributed by atoms with E-state index in [1.54, 1.807) is 36.4 Å². The van der Waals surface area contributed by atoms with Crippen molar-refractivity contribution in [2.24, 2.45) is 0 Å². The molecule has 0 aliphatic carbocycles. The minimum absolute atomic E-state index is 0.386. The van der Waals surface area contributed by atoms with E-state index in [0.717, 1.165) is 4.47 Å². The van der Waals surface area contributed by atoms with Crippen molar-refractivity contribution in [2.45, 2.75) is 13.0 Å². The van der Waals surface area contributed by atoms with Gasteiger partial charge in [-0.25, -0.2) is 4.79 Å². The summed E-state index contributed by atoms with van der Waals surface area (Å²) in [6, 6.07) is 10.2. The van der Waals surface area contributed by atoms with Gasteiger partial charge in [0.25, 0.3) is 5.91 Å². The molecule has 0 aliphatic rings. The van der Waals surface area contributed by atoms with Gasteiger partial charge in [0.05, 0.1) is 19.9 Å². The lowest BCUT2D eigenvalue weighted by molar-refractivity contribution is -0.148. The Balaban J connectivity index is 2.01. The number of amides is 1. The fourth-order valence-electron chi connectivity index (χ4n) is 2.27. The van der Waals surface area contributed by atoms with Crippen molar-refractivity contribution in [3.05, 3.63) is 57.5 Å². The molecule has 0 fully saturated rings. The zero-order valence-electron chi connectivity index (χ0n) is 15.5. The zero-order chi connectivity index (χ0) is 20.7. The molecule has 0 bridgehead atoms. The molecule has 0 spiro atoms. The maximum Gasteiger partial charge on any atom is 0.331 e. The van der Waals surface area contributed by atoms with Gasteiger partial charge in [-0.15, -0.1) is 0 Å². The second kappa shape index (κ2) is 10.1. The first kappa shape index (κ1) is 21.8. The summed E-state index contributed by atoms with van der Waals surface area (Å²) in [5, 5.41) is 3.07. The smallest absolute Gasteiger partial charge is 0.331 e. The zero-order valence-corrected chi connectivity index (χ0v) is 17.8. The summed E-state index contributed by atoms with van der Waals surface area (Å²) in [5.74, 6) is -0.130. The second-order valence-electron chi connectivity index (χ2n) is 5.63. The highest BCUT2D eigenvalue weighted by Gasteiger charge is 2.18. The maximum atomic E-state index is 12.3. The highest BCUT2D eigenvalue weighted by Crippen LogP contribution is 2.28. The third-order valence-electron chi connectivity index (χ3n) is 3.67. The molecule has 2 rings (SSSR count). The van der Waals surface area contributed by atoms with Gasteiger partial charge in [0.15, 0.2) is 6.10 Å². The van der Waals surface area contributed by atoms with Crippen LogP contribution >= 0.6 is 27.5 Å². The van der Waals surface area contributed by atoms with Gasteiger partial charge in [-0.2, -0.15) is 0 Å². The molecular formula is C20H19BrClNO5. The van der Waals surface area contributed by atoms with E-state index in [2.05, 4.69) is 21.2 Å². The number of hydrogen-bond donors (Lipinski definition) is 1. The van der Waals surface area contributed by atoms with Gasteiger partial charge in [0.1, 0.15) is 11.5 Å². The highest BCUT2D eigenvalue weighted by atomic mass is 79.9. The number of benzene rings is 2. The summed E-state index contributed by atoms with van der Waals surface area (Å²) >= 11 is 9.30. The highest BCUT2D eigenvalue weighted by molar-refractivity contribution is 9.10. The standard InChI is InChI=1S/C20H19BrClNO5/c1-12(20(25)23-16-11-15(22)6-8-18(16)27-3)28-19(24)9-4-13-10-14(21)5-7-17(13)26-2/h4-12H,1-3H3,(H,23,25)/b9-4+. The fraction of sp³-hybridized carbons (Fsp3) is 0.200. The molecule has 6 nitrogen and oxygen atoms in total. The Morgan fingerprint density at radius 1 is 1.11 bits per heavy atom. The van der Waals surface area contributed by atoms with Gasteiger partial charge >= 0.3 is 5.97 Å². The Morgan fingerprint density at radius 2 is 1.79 bits per heavy atom. The average Bonchev–Trinajstić information content (AvgIpc) is 2.66. The lowest BCUT2D eigenvalue weighted by atomic mass is 10.2. The number of esters is 1. The van der Waals surface area contributed by atoms with E-state index in [9.17, 15) is 9.59 Å². The summed E-state index contributed by atoms with van der Waals surface area (Å²) in [5.41, 5.74) is 1.08. The van der Waals surface area contributed by atoms with Gasteiger partial charge in [0, 0.05) is 21.1 Å². The normalized spacial score (nSPS) is 11.8. The van der Waals surface area contributed by atoms with Crippen LogP contribution in [0.15, 0.2) is 46.9 Å². The van der Waals surface area contributed by atoms with Crippen LogP contribution < -0.4 is 14.8 Å². The fourth-order valence-corrected chi connectivity index (χ4v) is 2.82. The first-order valence-corrected chi connectivity index (χ1v) is 9.37. The number of methoxy groups -OCH3 is 2. The molecule has 1 N–H and O–H groups in total. The molecule has 8 heteroatoms. The van der Waals surface area contributed by atoms with Crippen LogP contribution in [0.2, 0.25) is 5.02 Å². The molecular weight excluding hydrogens is 450 g/mol. The molecule has 0 aromatic heterocycles. The van der Waals surface area contributed by atoms with Crippen molar-refractivity contribution in [1.82, 2.24) is 0 Å². The van der Waals surface area contributed by atoms with Gasteiger partial charge < -0.3 is 19.5 Å². The molecule has 0 heterocycles. The number of halogens is 2. The summed E-state index contributed by atoms with van der Waals surface area (Å²) in [6.07, 6.45) is 1.76. The number of ether oxygens (including phenoxy) is 3. The van der Waals surface area contributed by atoms with Crippen LogP contribution in [0.5, 0.6) is 11.5 Å². The average molecular weight is 469 g/mol. The van der Waals surface area contributed by atoms with Crippen LogP contribution in [0.25, 0.3) is 6.08 Å². The minimum Gasteiger partial charge on any atom is -0.496 e. The van der Waals surface area contributed by atoms with Crippen molar-refractivity contribution >= 4 is 51.2 Å². The van der Waals surface area contributed by atoms with Crippen molar-refractivity contribution in [1.29, 1.82) is 0 Å². The number of nitrogens with one attached hydrogen (secondary N) is 1. The Morgan fingerprint density at radius 3 is 2.46 bits per heavy atom. The van der Waals surface area contributed by atoms with E-state index >= 15 is 0 Å². The van der Waals surface area contributed by atoms with Crippen LogP contribution in [0, 0.1) is 0 Å². The van der Waals surface area contributed by atoms with Crippen LogP contribution in [0.3, 0.4) is 0 Å². The molecule has 0 radical (unpaired) electrons. The Hall–Kier alpha value is -2.51. The molecule has 1 atom stereocenters. The summed E-state index contributed by atoms with van der Waals surface area (Å²) in [6.45, 7) is 1.47. The lowest BCUT2D eigenvalue weighted by Gasteiger charge is -2.14. The number of carbonyl (C=O) groups is 2. The molecule has 1 amide bonds. The van der Waals surface area contributed by atoms with E-state index in [1.165, 1.54) is 27.2 Å². The molecule has 28 heavy (non-hydrogen) atoms. The van der Waals surface area contributed by atoms with Crippen LogP contribution in [0.4, 0.5) is 5.69 Å². The van der Waals surface area contributed by atoms with E-state index < -0.39 is 18.0 Å². The monoisotopic (exact) mass is 467 g/mol. The summed E-state index contributed by atoms with van der Waals surface area (Å²) in [4.78, 5) is 24.4. The number of rotatable bonds is 7. The predicted octanol–water partition coefficient (Wildman–Crippen LogP) is 4.70. The van der Waals surface area contributed by atoms with Gasteiger partial charge in [0.2, 0.25) is 0 Å². The number of carbonyl (C=O) groups excluding carboxylic acids is 2. The summed E-state index contributed by atoms with van der Waals surface area (Å²) < 4.78 is 16.4. The third kappa shape index (κ3) is 6.00. The van der Waals surface area contributed by atoms with Crippen LogP contribution in [0.1, 0.15) is 12.5 Å². The molecule has 148 valence electrons. The van der Waals surface area contributed by atoms with Crippen molar-refractivity contribution < 1.29 is 23.8 Å². The molecule has 1 unspecified atom stereocenters.